The molecule has 0 saturated heterocycles. The van der Waals surface area contributed by atoms with Crippen LogP contribution in [0.25, 0.3) is 0 Å². The molecule has 21 heavy (non-hydrogen) atoms. The molecule has 112 valence electrons. The third kappa shape index (κ3) is 3.81. The molecule has 0 amide bonds. The first-order valence-electron chi connectivity index (χ1n) is 6.19. The van der Waals surface area contributed by atoms with E-state index in [1.54, 1.807) is 30.3 Å². The second-order valence-electron chi connectivity index (χ2n) is 4.45. The summed E-state index contributed by atoms with van der Waals surface area (Å²) in [6.07, 6.45) is 0.594. The second kappa shape index (κ2) is 6.41. The van der Waals surface area contributed by atoms with Gasteiger partial charge in [-0.1, -0.05) is 24.6 Å². The van der Waals surface area contributed by atoms with E-state index in [-0.39, 0.29) is 4.90 Å². The van der Waals surface area contributed by atoms with Crippen LogP contribution in [0, 0.1) is 3.57 Å². The van der Waals surface area contributed by atoms with Crippen LogP contribution in [0.15, 0.2) is 41.3 Å². The Morgan fingerprint density at radius 2 is 1.95 bits per heavy atom. The van der Waals surface area contributed by atoms with Crippen molar-refractivity contribution in [2.45, 2.75) is 18.2 Å². The van der Waals surface area contributed by atoms with E-state index < -0.39 is 10.0 Å². The lowest BCUT2D eigenvalue weighted by Crippen LogP contribution is -2.15. The first kappa shape index (κ1) is 16.4. The van der Waals surface area contributed by atoms with Gasteiger partial charge in [0.25, 0.3) is 10.0 Å². The van der Waals surface area contributed by atoms with Gasteiger partial charge in [0, 0.05) is 9.26 Å². The van der Waals surface area contributed by atoms with E-state index in [1.807, 2.05) is 6.92 Å². The molecule has 0 radical (unpaired) electrons. The van der Waals surface area contributed by atoms with Gasteiger partial charge >= 0.3 is 0 Å². The van der Waals surface area contributed by atoms with Crippen LogP contribution >= 0.6 is 34.2 Å². The van der Waals surface area contributed by atoms with Gasteiger partial charge in [0.15, 0.2) is 0 Å². The number of nitrogens with one attached hydrogen (secondary N) is 1. The molecule has 3 N–H and O–H groups in total. The topological polar surface area (TPSA) is 72.2 Å². The summed E-state index contributed by atoms with van der Waals surface area (Å²) in [6.45, 7) is 1.89. The van der Waals surface area contributed by atoms with E-state index in [0.29, 0.717) is 28.4 Å². The summed E-state index contributed by atoms with van der Waals surface area (Å²) < 4.78 is 28.5. The Bertz CT molecular complexity index is 779. The fraction of sp³-hybridized carbons (Fsp3) is 0.143. The minimum absolute atomic E-state index is 0.180. The van der Waals surface area contributed by atoms with Crippen molar-refractivity contribution in [2.24, 2.45) is 0 Å². The normalized spacial score (nSPS) is 11.4. The molecule has 4 nitrogen and oxygen atoms in total. The van der Waals surface area contributed by atoms with Crippen molar-refractivity contribution in [1.82, 2.24) is 0 Å². The van der Waals surface area contributed by atoms with Gasteiger partial charge in [-0.3, -0.25) is 4.72 Å². The van der Waals surface area contributed by atoms with E-state index in [4.69, 9.17) is 17.3 Å². The number of sulfonamides is 1. The van der Waals surface area contributed by atoms with Gasteiger partial charge in [-0.25, -0.2) is 8.42 Å². The summed E-state index contributed by atoms with van der Waals surface area (Å²) in [7, 11) is -3.73. The quantitative estimate of drug-likeness (QED) is 0.564. The maximum atomic E-state index is 12.5. The Labute approximate surface area is 142 Å². The fourth-order valence-electron chi connectivity index (χ4n) is 1.89. The van der Waals surface area contributed by atoms with Gasteiger partial charge in [-0.05, 0) is 64.9 Å². The number of benzene rings is 2. The number of hydrogen-bond acceptors (Lipinski definition) is 3. The van der Waals surface area contributed by atoms with Crippen molar-refractivity contribution in [3.8, 4) is 0 Å². The van der Waals surface area contributed by atoms with Crippen LogP contribution < -0.4 is 10.5 Å². The first-order chi connectivity index (χ1) is 9.83. The average Bonchev–Trinajstić information content (AvgIpc) is 2.42. The van der Waals surface area contributed by atoms with Crippen molar-refractivity contribution in [2.75, 3.05) is 10.5 Å². The van der Waals surface area contributed by atoms with Crippen LogP contribution in [0.4, 0.5) is 11.4 Å². The largest absolute Gasteiger partial charge is 0.399 e. The highest BCUT2D eigenvalue weighted by Gasteiger charge is 2.19. The molecule has 0 aliphatic heterocycles. The zero-order valence-electron chi connectivity index (χ0n) is 11.2. The SMILES string of the molecule is CCc1ccc(N)cc1S(=O)(=O)Nc1ccc(I)cc1Cl. The first-order valence-corrected chi connectivity index (χ1v) is 9.13. The Kier molecular flexibility index (Phi) is 5.00. The van der Waals surface area contributed by atoms with E-state index in [1.165, 1.54) is 6.07 Å². The summed E-state index contributed by atoms with van der Waals surface area (Å²) in [5.41, 5.74) is 7.16. The van der Waals surface area contributed by atoms with Crippen LogP contribution in [-0.4, -0.2) is 8.42 Å². The van der Waals surface area contributed by atoms with Crippen LogP contribution in [0.1, 0.15) is 12.5 Å². The second-order valence-corrected chi connectivity index (χ2v) is 7.75. The van der Waals surface area contributed by atoms with E-state index in [9.17, 15) is 8.42 Å². The molecule has 2 aromatic carbocycles. The Morgan fingerprint density at radius 1 is 1.24 bits per heavy atom. The molecule has 0 fully saturated rings. The zero-order valence-corrected chi connectivity index (χ0v) is 15.0. The van der Waals surface area contributed by atoms with E-state index >= 15 is 0 Å². The number of halogens is 2. The number of hydrogen-bond donors (Lipinski definition) is 2. The lowest BCUT2D eigenvalue weighted by molar-refractivity contribution is 0.600. The Balaban J connectivity index is 2.45. The van der Waals surface area contributed by atoms with Crippen molar-refractivity contribution < 1.29 is 8.42 Å². The van der Waals surface area contributed by atoms with Gasteiger partial charge in [0.2, 0.25) is 0 Å². The van der Waals surface area contributed by atoms with Gasteiger partial charge < -0.3 is 5.73 Å². The number of nitrogens with two attached hydrogens (primary N) is 1. The molecule has 0 aromatic heterocycles. The molecule has 0 bridgehead atoms. The van der Waals surface area contributed by atoms with Crippen LogP contribution in [0.5, 0.6) is 0 Å². The molecule has 0 saturated carbocycles. The van der Waals surface area contributed by atoms with E-state index in [2.05, 4.69) is 27.3 Å². The summed E-state index contributed by atoms with van der Waals surface area (Å²) >= 11 is 8.18. The van der Waals surface area contributed by atoms with Crippen molar-refractivity contribution >= 4 is 55.6 Å². The lowest BCUT2D eigenvalue weighted by Gasteiger charge is -2.13. The Morgan fingerprint density at radius 3 is 2.57 bits per heavy atom. The minimum Gasteiger partial charge on any atom is -0.399 e. The average molecular weight is 437 g/mol. The van der Waals surface area contributed by atoms with Crippen LogP contribution in [0.2, 0.25) is 5.02 Å². The molecule has 2 aromatic rings. The monoisotopic (exact) mass is 436 g/mol. The molecular weight excluding hydrogens is 423 g/mol. The summed E-state index contributed by atoms with van der Waals surface area (Å²) in [5, 5.41) is 0.354. The summed E-state index contributed by atoms with van der Waals surface area (Å²) in [5.74, 6) is 0. The van der Waals surface area contributed by atoms with Crippen LogP contribution in [0.3, 0.4) is 0 Å². The summed E-state index contributed by atoms with van der Waals surface area (Å²) in [6, 6.07) is 9.99. The number of anilines is 2. The molecule has 0 spiro atoms. The molecule has 0 aliphatic carbocycles. The fourth-order valence-corrected chi connectivity index (χ4v) is 4.27. The van der Waals surface area contributed by atoms with E-state index in [0.717, 1.165) is 3.57 Å². The molecule has 0 atom stereocenters. The van der Waals surface area contributed by atoms with Gasteiger partial charge in [-0.15, -0.1) is 0 Å². The van der Waals surface area contributed by atoms with Crippen molar-refractivity contribution in [1.29, 1.82) is 0 Å². The molecule has 7 heteroatoms. The van der Waals surface area contributed by atoms with Crippen LogP contribution in [-0.2, 0) is 16.4 Å². The molecule has 0 heterocycles. The maximum Gasteiger partial charge on any atom is 0.262 e. The van der Waals surface area contributed by atoms with Gasteiger partial charge in [-0.2, -0.15) is 0 Å². The lowest BCUT2D eigenvalue weighted by atomic mass is 10.1. The Hall–Kier alpha value is -0.990. The third-order valence-corrected chi connectivity index (χ3v) is 5.37. The highest BCUT2D eigenvalue weighted by atomic mass is 127. The highest BCUT2D eigenvalue weighted by molar-refractivity contribution is 14.1. The standard InChI is InChI=1S/C14H14ClIN2O2S/c1-2-9-3-5-11(17)8-14(9)21(19,20)18-13-6-4-10(16)7-12(13)15/h3-8,18H,2,17H2,1H3. The molecular formula is C14H14ClIN2O2S. The number of nitrogen functional groups attached to an aromatic ring is 1. The van der Waals surface area contributed by atoms with Crippen molar-refractivity contribution in [3.05, 3.63) is 50.6 Å². The zero-order chi connectivity index (χ0) is 15.6. The maximum absolute atomic E-state index is 12.5. The summed E-state index contributed by atoms with van der Waals surface area (Å²) in [4.78, 5) is 0.180. The molecule has 2 rings (SSSR count). The van der Waals surface area contributed by atoms with Gasteiger partial charge in [0.1, 0.15) is 0 Å². The smallest absolute Gasteiger partial charge is 0.262 e. The number of rotatable bonds is 4. The predicted molar refractivity (Wildman–Crippen MR) is 95.2 cm³/mol. The van der Waals surface area contributed by atoms with Crippen molar-refractivity contribution in [3.63, 3.8) is 0 Å². The molecule has 0 unspecified atom stereocenters. The molecule has 0 aliphatic rings. The predicted octanol–water partition coefficient (Wildman–Crippen LogP) is 3.89. The third-order valence-electron chi connectivity index (χ3n) is 2.94. The minimum atomic E-state index is -3.73. The number of aryl methyl sites for hydroxylation is 1. The van der Waals surface area contributed by atoms with Gasteiger partial charge in [0.05, 0.1) is 15.6 Å². The highest BCUT2D eigenvalue weighted by Crippen LogP contribution is 2.28.